The third-order valence-electron chi connectivity index (χ3n) is 0.675. The van der Waals surface area contributed by atoms with Gasteiger partial charge in [0.15, 0.2) is 0 Å². The maximum atomic E-state index is 9.55. The predicted octanol–water partition coefficient (Wildman–Crippen LogP) is 1.34. The fraction of sp³-hybridized carbons (Fsp3) is 0.600. The number of nitrogens with zero attached hydrogens (tertiary/aromatic N) is 2. The van der Waals surface area contributed by atoms with Crippen LogP contribution in [0.25, 0.3) is 0 Å². The standard InChI is InChI=1S/C5H6N2O2S2/c8-4-6-10-2-1-3-11-7-5-9/h1-3H2. The molecule has 0 N–H and O–H groups in total. The Bertz CT molecular complexity index is 165. The fourth-order valence-corrected chi connectivity index (χ4v) is 1.35. The molecule has 0 aromatic rings. The number of rotatable bonds is 6. The molecule has 6 heteroatoms. The second-order valence-corrected chi connectivity index (χ2v) is 3.08. The summed E-state index contributed by atoms with van der Waals surface area (Å²) in [6.45, 7) is 0. The van der Waals surface area contributed by atoms with Gasteiger partial charge in [0.2, 0.25) is 12.2 Å². The maximum absolute atomic E-state index is 9.55. The van der Waals surface area contributed by atoms with Crippen LogP contribution in [0.1, 0.15) is 6.42 Å². The Morgan fingerprint density at radius 1 is 1.00 bits per heavy atom. The molecule has 0 radical (unpaired) electrons. The van der Waals surface area contributed by atoms with Crippen molar-refractivity contribution in [3.63, 3.8) is 0 Å². The SMILES string of the molecule is O=C=NSCCCSN=C=O. The Kier molecular flexibility index (Phi) is 9.00. The first-order chi connectivity index (χ1) is 5.41. The van der Waals surface area contributed by atoms with Crippen LogP contribution in [0.3, 0.4) is 0 Å². The van der Waals surface area contributed by atoms with Gasteiger partial charge in [-0.3, -0.25) is 0 Å². The predicted molar refractivity (Wildman–Crippen MR) is 45.8 cm³/mol. The van der Waals surface area contributed by atoms with Crippen LogP contribution in [0, 0.1) is 0 Å². The summed E-state index contributed by atoms with van der Waals surface area (Å²) >= 11 is 2.32. The third-order valence-corrected chi connectivity index (χ3v) is 2.02. The smallest absolute Gasteiger partial charge is 0.210 e. The van der Waals surface area contributed by atoms with E-state index >= 15 is 0 Å². The van der Waals surface area contributed by atoms with Crippen LogP contribution in [-0.2, 0) is 9.59 Å². The molecule has 0 spiro atoms. The zero-order chi connectivity index (χ0) is 8.36. The van der Waals surface area contributed by atoms with E-state index in [9.17, 15) is 9.59 Å². The molecule has 0 bridgehead atoms. The first-order valence-corrected chi connectivity index (χ1v) is 4.68. The van der Waals surface area contributed by atoms with Crippen molar-refractivity contribution >= 4 is 36.1 Å². The number of hydrogen-bond acceptors (Lipinski definition) is 6. The largest absolute Gasteiger partial charge is 0.247 e. The van der Waals surface area contributed by atoms with Crippen LogP contribution in [0.4, 0.5) is 0 Å². The van der Waals surface area contributed by atoms with E-state index in [1.165, 1.54) is 12.2 Å². The van der Waals surface area contributed by atoms with Crippen molar-refractivity contribution in [2.24, 2.45) is 8.80 Å². The van der Waals surface area contributed by atoms with E-state index in [1.807, 2.05) is 0 Å². The summed E-state index contributed by atoms with van der Waals surface area (Å²) in [7, 11) is 0. The highest BCUT2D eigenvalue weighted by Gasteiger charge is 1.87. The van der Waals surface area contributed by atoms with E-state index in [0.29, 0.717) is 0 Å². The highest BCUT2D eigenvalue weighted by molar-refractivity contribution is 7.98. The molecule has 0 saturated carbocycles. The van der Waals surface area contributed by atoms with Gasteiger partial charge in [-0.1, -0.05) is 0 Å². The Balaban J connectivity index is 3.02. The molecular weight excluding hydrogens is 184 g/mol. The van der Waals surface area contributed by atoms with Crippen molar-refractivity contribution < 1.29 is 9.59 Å². The van der Waals surface area contributed by atoms with Crippen molar-refractivity contribution in [1.82, 2.24) is 0 Å². The Labute approximate surface area is 72.8 Å². The average molecular weight is 190 g/mol. The summed E-state index contributed by atoms with van der Waals surface area (Å²) in [6, 6.07) is 0. The van der Waals surface area contributed by atoms with Gasteiger partial charge in [0.25, 0.3) is 0 Å². The Hall–Kier alpha value is -0.540. The van der Waals surface area contributed by atoms with E-state index in [4.69, 9.17) is 0 Å². The zero-order valence-corrected chi connectivity index (χ0v) is 7.28. The highest BCUT2D eigenvalue weighted by Crippen LogP contribution is 2.07. The molecule has 0 aromatic carbocycles. The molecule has 0 unspecified atom stereocenters. The molecule has 11 heavy (non-hydrogen) atoms. The van der Waals surface area contributed by atoms with Gasteiger partial charge < -0.3 is 0 Å². The molecule has 0 amide bonds. The van der Waals surface area contributed by atoms with Gasteiger partial charge in [0, 0.05) is 11.5 Å². The average Bonchev–Trinajstić information content (AvgIpc) is 2.03. The molecule has 4 nitrogen and oxygen atoms in total. The summed E-state index contributed by atoms with van der Waals surface area (Å²) < 4.78 is 6.57. The summed E-state index contributed by atoms with van der Waals surface area (Å²) in [5.74, 6) is 1.49. The summed E-state index contributed by atoms with van der Waals surface area (Å²) in [6.07, 6.45) is 3.68. The van der Waals surface area contributed by atoms with Crippen LogP contribution in [0.15, 0.2) is 8.80 Å². The molecule has 0 atom stereocenters. The van der Waals surface area contributed by atoms with E-state index in [2.05, 4.69) is 8.80 Å². The van der Waals surface area contributed by atoms with Crippen LogP contribution >= 0.6 is 23.9 Å². The lowest BCUT2D eigenvalue weighted by Crippen LogP contribution is -1.79. The number of isocyanates is 2. The Morgan fingerprint density at radius 2 is 1.45 bits per heavy atom. The first-order valence-electron chi connectivity index (χ1n) is 2.80. The lowest BCUT2D eigenvalue weighted by atomic mass is 10.6. The van der Waals surface area contributed by atoms with Crippen LogP contribution < -0.4 is 0 Å². The minimum atomic E-state index is 0.747. The monoisotopic (exact) mass is 190 g/mol. The van der Waals surface area contributed by atoms with E-state index in [1.54, 1.807) is 0 Å². The third kappa shape index (κ3) is 9.46. The first kappa shape index (κ1) is 10.5. The van der Waals surface area contributed by atoms with Gasteiger partial charge in [0.05, 0.1) is 0 Å². The lowest BCUT2D eigenvalue weighted by Gasteiger charge is -1.89. The van der Waals surface area contributed by atoms with E-state index in [-0.39, 0.29) is 0 Å². The molecule has 0 fully saturated rings. The van der Waals surface area contributed by atoms with Gasteiger partial charge >= 0.3 is 0 Å². The number of carbonyl (C=O) groups excluding carboxylic acids is 2. The van der Waals surface area contributed by atoms with E-state index in [0.717, 1.165) is 41.8 Å². The summed E-state index contributed by atoms with van der Waals surface area (Å²) in [4.78, 5) is 19.1. The normalized spacial score (nSPS) is 8.00. The van der Waals surface area contributed by atoms with Gasteiger partial charge in [-0.05, 0) is 30.3 Å². The van der Waals surface area contributed by atoms with Gasteiger partial charge in [-0.2, -0.15) is 0 Å². The minimum absolute atomic E-state index is 0.747. The van der Waals surface area contributed by atoms with Crippen molar-refractivity contribution in [1.29, 1.82) is 0 Å². The van der Waals surface area contributed by atoms with Gasteiger partial charge in [-0.25, -0.2) is 9.59 Å². The van der Waals surface area contributed by atoms with Crippen molar-refractivity contribution in [2.75, 3.05) is 11.5 Å². The van der Waals surface area contributed by atoms with Gasteiger partial charge in [-0.15, -0.1) is 8.80 Å². The molecule has 0 saturated heterocycles. The minimum Gasteiger partial charge on any atom is -0.210 e. The van der Waals surface area contributed by atoms with Crippen molar-refractivity contribution in [3.05, 3.63) is 0 Å². The molecule has 0 rings (SSSR count). The Morgan fingerprint density at radius 3 is 1.82 bits per heavy atom. The summed E-state index contributed by atoms with van der Waals surface area (Å²) in [5, 5.41) is 0. The maximum Gasteiger partial charge on any atom is 0.247 e. The van der Waals surface area contributed by atoms with Crippen molar-refractivity contribution in [3.8, 4) is 0 Å². The van der Waals surface area contributed by atoms with Gasteiger partial charge in [0.1, 0.15) is 0 Å². The molecule has 0 heterocycles. The lowest BCUT2D eigenvalue weighted by molar-refractivity contribution is 0.565. The summed E-state index contributed by atoms with van der Waals surface area (Å²) in [5.41, 5.74) is 0. The fourth-order valence-electron chi connectivity index (χ4n) is 0.332. The zero-order valence-electron chi connectivity index (χ0n) is 5.65. The molecular formula is C5H6N2O2S2. The second kappa shape index (κ2) is 9.46. The van der Waals surface area contributed by atoms with Crippen LogP contribution in [-0.4, -0.2) is 23.7 Å². The highest BCUT2D eigenvalue weighted by atomic mass is 32.2. The molecule has 0 aliphatic carbocycles. The topological polar surface area (TPSA) is 58.9 Å². The second-order valence-electron chi connectivity index (χ2n) is 1.39. The van der Waals surface area contributed by atoms with Crippen LogP contribution in [0.2, 0.25) is 0 Å². The number of hydrogen-bond donors (Lipinski definition) is 0. The van der Waals surface area contributed by atoms with Crippen molar-refractivity contribution in [2.45, 2.75) is 6.42 Å². The van der Waals surface area contributed by atoms with Crippen LogP contribution in [0.5, 0.6) is 0 Å². The molecule has 0 aliphatic heterocycles. The molecule has 60 valence electrons. The van der Waals surface area contributed by atoms with E-state index < -0.39 is 0 Å². The quantitative estimate of drug-likeness (QED) is 0.274. The molecule has 0 aliphatic rings. The molecule has 0 aromatic heterocycles.